The Morgan fingerprint density at radius 2 is 1.71 bits per heavy atom. The number of benzene rings is 3. The van der Waals surface area contributed by atoms with Crippen molar-refractivity contribution in [1.29, 1.82) is 0 Å². The molecule has 3 heteroatoms. The molecule has 3 rings (SSSR count). The maximum absolute atomic E-state index is 12.0. The highest BCUT2D eigenvalue weighted by molar-refractivity contribution is 7.80. The fourth-order valence-corrected chi connectivity index (χ4v) is 2.75. The van der Waals surface area contributed by atoms with Crippen LogP contribution < -0.4 is 0 Å². The lowest BCUT2D eigenvalue weighted by molar-refractivity contribution is 0.0598. The fourth-order valence-electron chi connectivity index (χ4n) is 2.45. The summed E-state index contributed by atoms with van der Waals surface area (Å²) in [5.41, 5.74) is 2.31. The van der Waals surface area contributed by atoms with Crippen molar-refractivity contribution >= 4 is 29.4 Å². The van der Waals surface area contributed by atoms with Crippen LogP contribution in [-0.2, 0) is 4.74 Å². The van der Waals surface area contributed by atoms with Gasteiger partial charge in [0.05, 0.1) is 12.7 Å². The third-order valence-corrected chi connectivity index (χ3v) is 3.87. The number of rotatable bonds is 2. The van der Waals surface area contributed by atoms with E-state index in [0.29, 0.717) is 10.5 Å². The molecule has 0 N–H and O–H groups in total. The third-order valence-electron chi connectivity index (χ3n) is 3.49. The number of hydrogen-bond acceptors (Lipinski definition) is 3. The van der Waals surface area contributed by atoms with E-state index in [2.05, 4.69) is 36.9 Å². The number of fused-ring (bicyclic) bond motifs is 1. The Labute approximate surface area is 128 Å². The second-order valence-electron chi connectivity index (χ2n) is 4.75. The first-order valence-electron chi connectivity index (χ1n) is 6.60. The Morgan fingerprint density at radius 3 is 2.48 bits per heavy atom. The molecule has 0 saturated heterocycles. The van der Waals surface area contributed by atoms with Crippen molar-refractivity contribution in [3.05, 3.63) is 66.2 Å². The van der Waals surface area contributed by atoms with Gasteiger partial charge < -0.3 is 4.74 Å². The lowest BCUT2D eigenvalue weighted by Crippen LogP contribution is -2.05. The number of carbonyl (C=O) groups excluding carboxylic acids is 1. The summed E-state index contributed by atoms with van der Waals surface area (Å²) in [6.07, 6.45) is 0. The lowest BCUT2D eigenvalue weighted by atomic mass is 9.97. The second kappa shape index (κ2) is 5.62. The molecular formula is C18H14O2S. The molecule has 0 saturated carbocycles. The monoisotopic (exact) mass is 294 g/mol. The summed E-state index contributed by atoms with van der Waals surface area (Å²) in [5, 5.41) is 2.30. The van der Waals surface area contributed by atoms with Gasteiger partial charge in [0.2, 0.25) is 0 Å². The highest BCUT2D eigenvalue weighted by Crippen LogP contribution is 2.31. The average molecular weight is 294 g/mol. The SMILES string of the molecule is COC(=O)c1c(S)cccc1-c1ccc2ccccc2c1. The van der Waals surface area contributed by atoms with Crippen LogP contribution in [-0.4, -0.2) is 13.1 Å². The molecule has 0 aliphatic rings. The maximum atomic E-state index is 12.0. The summed E-state index contributed by atoms with van der Waals surface area (Å²) < 4.78 is 4.88. The zero-order valence-electron chi connectivity index (χ0n) is 11.5. The fraction of sp³-hybridized carbons (Fsp3) is 0.0556. The lowest BCUT2D eigenvalue weighted by Gasteiger charge is -2.11. The van der Waals surface area contributed by atoms with E-state index >= 15 is 0 Å². The van der Waals surface area contributed by atoms with E-state index in [-0.39, 0.29) is 5.97 Å². The first kappa shape index (κ1) is 13.7. The summed E-state index contributed by atoms with van der Waals surface area (Å²) in [4.78, 5) is 12.6. The van der Waals surface area contributed by atoms with Crippen molar-refractivity contribution in [3.8, 4) is 11.1 Å². The third kappa shape index (κ3) is 2.52. The zero-order valence-corrected chi connectivity index (χ0v) is 12.4. The molecule has 0 bridgehead atoms. The molecule has 3 aromatic rings. The molecular weight excluding hydrogens is 280 g/mol. The average Bonchev–Trinajstić information content (AvgIpc) is 2.53. The van der Waals surface area contributed by atoms with Crippen LogP contribution in [0.3, 0.4) is 0 Å². The standard InChI is InChI=1S/C18H14O2S/c1-20-18(19)17-15(7-4-8-16(17)21)14-10-9-12-5-2-3-6-13(12)11-14/h2-11,21H,1H3. The first-order chi connectivity index (χ1) is 10.2. The summed E-state index contributed by atoms with van der Waals surface area (Å²) >= 11 is 4.38. The van der Waals surface area contributed by atoms with Crippen molar-refractivity contribution in [1.82, 2.24) is 0 Å². The molecule has 0 radical (unpaired) electrons. The van der Waals surface area contributed by atoms with Gasteiger partial charge in [-0.15, -0.1) is 12.6 Å². The molecule has 0 atom stereocenters. The van der Waals surface area contributed by atoms with Crippen molar-refractivity contribution in [2.75, 3.05) is 7.11 Å². The van der Waals surface area contributed by atoms with Crippen molar-refractivity contribution < 1.29 is 9.53 Å². The van der Waals surface area contributed by atoms with Gasteiger partial charge >= 0.3 is 5.97 Å². The van der Waals surface area contributed by atoms with Gasteiger partial charge in [-0.05, 0) is 34.0 Å². The van der Waals surface area contributed by atoms with E-state index in [0.717, 1.165) is 16.5 Å². The van der Waals surface area contributed by atoms with E-state index in [1.54, 1.807) is 6.07 Å². The van der Waals surface area contributed by atoms with Crippen LogP contribution in [0.2, 0.25) is 0 Å². The summed E-state index contributed by atoms with van der Waals surface area (Å²) in [6, 6.07) is 19.9. The molecule has 21 heavy (non-hydrogen) atoms. The summed E-state index contributed by atoms with van der Waals surface area (Å²) in [6.45, 7) is 0. The van der Waals surface area contributed by atoms with Crippen LogP contribution in [0, 0.1) is 0 Å². The van der Waals surface area contributed by atoms with Crippen LogP contribution in [0.5, 0.6) is 0 Å². The van der Waals surface area contributed by atoms with Gasteiger partial charge in [0.15, 0.2) is 0 Å². The number of thiol groups is 1. The van der Waals surface area contributed by atoms with Crippen molar-refractivity contribution in [3.63, 3.8) is 0 Å². The summed E-state index contributed by atoms with van der Waals surface area (Å²) in [5.74, 6) is -0.372. The smallest absolute Gasteiger partial charge is 0.339 e. The van der Waals surface area contributed by atoms with Gasteiger partial charge in [-0.3, -0.25) is 0 Å². The molecule has 0 aliphatic heterocycles. The second-order valence-corrected chi connectivity index (χ2v) is 5.24. The van der Waals surface area contributed by atoms with E-state index in [4.69, 9.17) is 4.74 Å². The highest BCUT2D eigenvalue weighted by atomic mass is 32.1. The quantitative estimate of drug-likeness (QED) is 0.553. The highest BCUT2D eigenvalue weighted by Gasteiger charge is 2.16. The Balaban J connectivity index is 2.23. The molecule has 0 aromatic heterocycles. The maximum Gasteiger partial charge on any atom is 0.339 e. The summed E-state index contributed by atoms with van der Waals surface area (Å²) in [7, 11) is 1.38. The number of ether oxygens (including phenoxy) is 1. The molecule has 0 amide bonds. The minimum Gasteiger partial charge on any atom is -0.465 e. The zero-order chi connectivity index (χ0) is 14.8. The van der Waals surface area contributed by atoms with E-state index in [1.807, 2.05) is 30.3 Å². The largest absolute Gasteiger partial charge is 0.465 e. The number of carbonyl (C=O) groups is 1. The number of methoxy groups -OCH3 is 1. The minimum atomic E-state index is -0.372. The molecule has 104 valence electrons. The van der Waals surface area contributed by atoms with Crippen LogP contribution in [0.25, 0.3) is 21.9 Å². The van der Waals surface area contributed by atoms with Gasteiger partial charge in [0, 0.05) is 4.90 Å². The van der Waals surface area contributed by atoms with Gasteiger partial charge in [-0.2, -0.15) is 0 Å². The predicted octanol–water partition coefficient (Wildman–Crippen LogP) is 4.58. The van der Waals surface area contributed by atoms with E-state index in [1.165, 1.54) is 12.5 Å². The molecule has 0 aliphatic carbocycles. The van der Waals surface area contributed by atoms with Gasteiger partial charge in [-0.1, -0.05) is 48.5 Å². The van der Waals surface area contributed by atoms with Crippen LogP contribution in [0.15, 0.2) is 65.6 Å². The molecule has 3 aromatic carbocycles. The molecule has 2 nitrogen and oxygen atoms in total. The van der Waals surface area contributed by atoms with Crippen molar-refractivity contribution in [2.45, 2.75) is 4.90 Å². The van der Waals surface area contributed by atoms with E-state index < -0.39 is 0 Å². The van der Waals surface area contributed by atoms with Gasteiger partial charge in [0.1, 0.15) is 0 Å². The molecule has 0 spiro atoms. The topological polar surface area (TPSA) is 26.3 Å². The predicted molar refractivity (Wildman–Crippen MR) is 88.0 cm³/mol. The first-order valence-corrected chi connectivity index (χ1v) is 7.05. The number of esters is 1. The van der Waals surface area contributed by atoms with E-state index in [9.17, 15) is 4.79 Å². The Kier molecular flexibility index (Phi) is 3.67. The molecule has 0 heterocycles. The molecule has 0 unspecified atom stereocenters. The van der Waals surface area contributed by atoms with Crippen LogP contribution in [0.4, 0.5) is 0 Å². The Bertz CT molecular complexity index is 824. The Hall–Kier alpha value is -2.26. The Morgan fingerprint density at radius 1 is 0.952 bits per heavy atom. The van der Waals surface area contributed by atoms with Gasteiger partial charge in [0.25, 0.3) is 0 Å². The van der Waals surface area contributed by atoms with Crippen molar-refractivity contribution in [2.24, 2.45) is 0 Å². The number of hydrogen-bond donors (Lipinski definition) is 1. The molecule has 0 fully saturated rings. The van der Waals surface area contributed by atoms with Gasteiger partial charge in [-0.25, -0.2) is 4.79 Å². The van der Waals surface area contributed by atoms with Crippen LogP contribution >= 0.6 is 12.6 Å². The minimum absolute atomic E-state index is 0.372. The van der Waals surface area contributed by atoms with Crippen LogP contribution in [0.1, 0.15) is 10.4 Å². The normalized spacial score (nSPS) is 10.6.